The third-order valence-electron chi connectivity index (χ3n) is 9.82. The second-order valence-corrected chi connectivity index (χ2v) is 16.0. The summed E-state index contributed by atoms with van der Waals surface area (Å²) in [6.45, 7) is 5.58. The van der Waals surface area contributed by atoms with E-state index < -0.39 is 9.86 Å². The van der Waals surface area contributed by atoms with E-state index in [0.717, 1.165) is 51.8 Å². The van der Waals surface area contributed by atoms with E-state index in [4.69, 9.17) is 15.3 Å². The van der Waals surface area contributed by atoms with Crippen LogP contribution in [0.15, 0.2) is 144 Å². The molecule has 2 heterocycles. The third-order valence-corrected chi connectivity index (χ3v) is 10.2. The third kappa shape index (κ3) is 7.68. The number of alkyl halides is 1. The minimum absolute atomic E-state index is 0.155. The van der Waals surface area contributed by atoms with E-state index in [-0.39, 0.29) is 17.4 Å². The number of benzene rings is 5. The number of hydrogen-bond donors (Lipinski definition) is 2. The molecule has 0 fully saturated rings. The number of aromatic nitrogens is 6. The van der Waals surface area contributed by atoms with E-state index in [2.05, 4.69) is 99.0 Å². The molecule has 9 nitrogen and oxygen atoms in total. The van der Waals surface area contributed by atoms with E-state index in [1.807, 2.05) is 83.5 Å². The fourth-order valence-corrected chi connectivity index (χ4v) is 7.11. The maximum Gasteiger partial charge on any atom is 0.256 e. The Labute approximate surface area is 329 Å². The molecule has 0 aliphatic heterocycles. The number of H-pyrrole nitrogens is 1. The molecule has 7 aromatic rings. The van der Waals surface area contributed by atoms with E-state index in [9.17, 15) is 9.59 Å². The molecule has 0 saturated carbocycles. The van der Waals surface area contributed by atoms with Crippen molar-refractivity contribution in [1.82, 2.24) is 30.2 Å². The van der Waals surface area contributed by atoms with Gasteiger partial charge in [-0.05, 0) is 70.5 Å². The molecule has 0 spiro atoms. The number of rotatable bonds is 13. The average Bonchev–Trinajstić information content (AvgIpc) is 3.70. The van der Waals surface area contributed by atoms with E-state index in [0.29, 0.717) is 29.9 Å². The number of tetrazole rings is 1. The highest BCUT2D eigenvalue weighted by atomic mass is 79.9. The Bertz CT molecular complexity index is 2340. The zero-order valence-electron chi connectivity index (χ0n) is 31.0. The van der Waals surface area contributed by atoms with Gasteiger partial charge in [0.25, 0.3) is 5.56 Å². The molecule has 0 saturated heterocycles. The number of unbranched alkanes of at least 4 members (excludes halogenated alkanes) is 1. The smallest absolute Gasteiger partial charge is 0.256 e. The Morgan fingerprint density at radius 1 is 0.764 bits per heavy atom. The maximum atomic E-state index is 13.5. The van der Waals surface area contributed by atoms with E-state index >= 15 is 0 Å². The summed E-state index contributed by atoms with van der Waals surface area (Å²) in [5.74, 6) is 0.480. The fourth-order valence-electron chi connectivity index (χ4n) is 7.02. The SMILES string of the molecule is CCCCc1nc(NC(=O)C(C)(C)Br)[nH]c(=O)c1Cc1ccc(-c2ccccc2-c2nnnn2C(c2ccccc2)(c2ccccc2)c2ccccc2)cc1. The van der Waals surface area contributed by atoms with Crippen LogP contribution in [0.1, 0.15) is 67.1 Å². The van der Waals surface area contributed by atoms with Gasteiger partial charge in [0, 0.05) is 17.5 Å². The van der Waals surface area contributed by atoms with Crippen molar-refractivity contribution in [3.05, 3.63) is 183 Å². The number of halogens is 1. The standard InChI is InChI=1S/C45H42BrN7O2/c1-4-5-25-39-38(41(54)48-43(47-39)49-42(55)44(2,3)46)30-31-26-28-32(29-27-31)36-23-15-16-24-37(36)40-50-51-52-53(40)45(33-17-9-6-10-18-33,34-19-11-7-12-20-34)35-21-13-8-14-22-35/h6-24,26-29H,4-5,25,30H2,1-3H3,(H2,47,48,49,54,55). The van der Waals surface area contributed by atoms with Gasteiger partial charge in [0.1, 0.15) is 5.54 Å². The van der Waals surface area contributed by atoms with E-state index in [1.54, 1.807) is 13.8 Å². The number of amides is 1. The second-order valence-electron chi connectivity index (χ2n) is 14.0. The van der Waals surface area contributed by atoms with Gasteiger partial charge in [-0.15, -0.1) is 5.10 Å². The number of aryl methyl sites for hydroxylation is 1. The number of aromatic amines is 1. The molecule has 0 aliphatic rings. The van der Waals surface area contributed by atoms with Gasteiger partial charge in [-0.2, -0.15) is 0 Å². The van der Waals surface area contributed by atoms with Crippen LogP contribution >= 0.6 is 15.9 Å². The summed E-state index contributed by atoms with van der Waals surface area (Å²) in [5.41, 5.74) is 6.98. The Morgan fingerprint density at radius 2 is 1.31 bits per heavy atom. The zero-order valence-corrected chi connectivity index (χ0v) is 32.6. The van der Waals surface area contributed by atoms with Crippen LogP contribution in [0, 0.1) is 0 Å². The predicted molar refractivity (Wildman–Crippen MR) is 221 cm³/mol. The molecule has 5 aromatic carbocycles. The lowest BCUT2D eigenvalue weighted by Crippen LogP contribution is -2.39. The van der Waals surface area contributed by atoms with Crippen molar-refractivity contribution in [2.45, 2.75) is 56.3 Å². The summed E-state index contributed by atoms with van der Waals surface area (Å²) in [4.78, 5) is 33.6. The van der Waals surface area contributed by atoms with Crippen molar-refractivity contribution in [3.8, 4) is 22.5 Å². The van der Waals surface area contributed by atoms with Crippen molar-refractivity contribution in [2.24, 2.45) is 0 Å². The lowest BCUT2D eigenvalue weighted by molar-refractivity contribution is -0.117. The summed E-state index contributed by atoms with van der Waals surface area (Å²) in [6, 6.07) is 47.4. The largest absolute Gasteiger partial charge is 0.295 e. The Hall–Kier alpha value is -6.00. The first-order valence-corrected chi connectivity index (χ1v) is 19.3. The maximum absolute atomic E-state index is 13.5. The molecule has 1 amide bonds. The molecule has 0 bridgehead atoms. The highest BCUT2D eigenvalue weighted by molar-refractivity contribution is 9.10. The van der Waals surface area contributed by atoms with Gasteiger partial charge in [-0.3, -0.25) is 19.9 Å². The molecule has 0 radical (unpaired) electrons. The van der Waals surface area contributed by atoms with Gasteiger partial charge in [0.2, 0.25) is 11.9 Å². The van der Waals surface area contributed by atoms with Crippen LogP contribution in [0.3, 0.4) is 0 Å². The lowest BCUT2D eigenvalue weighted by Gasteiger charge is -2.36. The van der Waals surface area contributed by atoms with Crippen LogP contribution in [0.4, 0.5) is 5.95 Å². The minimum Gasteiger partial charge on any atom is -0.295 e. The first-order valence-electron chi connectivity index (χ1n) is 18.5. The molecule has 2 N–H and O–H groups in total. The van der Waals surface area contributed by atoms with Crippen LogP contribution in [0.25, 0.3) is 22.5 Å². The highest BCUT2D eigenvalue weighted by Crippen LogP contribution is 2.43. The topological polar surface area (TPSA) is 118 Å². The summed E-state index contributed by atoms with van der Waals surface area (Å²) in [6.07, 6.45) is 2.85. The van der Waals surface area contributed by atoms with E-state index in [1.165, 1.54) is 0 Å². The van der Waals surface area contributed by atoms with Crippen molar-refractivity contribution in [1.29, 1.82) is 0 Å². The number of carbonyl (C=O) groups is 1. The summed E-state index contributed by atoms with van der Waals surface area (Å²) in [7, 11) is 0. The number of hydrogen-bond acceptors (Lipinski definition) is 6. The van der Waals surface area contributed by atoms with Crippen LogP contribution in [0.5, 0.6) is 0 Å². The normalized spacial score (nSPS) is 11.7. The molecular weight excluding hydrogens is 750 g/mol. The Kier molecular flexibility index (Phi) is 11.0. The Morgan fingerprint density at radius 3 is 1.85 bits per heavy atom. The number of nitrogens with zero attached hydrogens (tertiary/aromatic N) is 5. The molecule has 10 heteroatoms. The highest BCUT2D eigenvalue weighted by Gasteiger charge is 2.42. The van der Waals surface area contributed by atoms with Crippen molar-refractivity contribution in [2.75, 3.05) is 5.32 Å². The summed E-state index contributed by atoms with van der Waals surface area (Å²) >= 11 is 3.38. The second kappa shape index (κ2) is 16.2. The molecule has 55 heavy (non-hydrogen) atoms. The molecular formula is C45H42BrN7O2. The van der Waals surface area contributed by atoms with Crippen LogP contribution < -0.4 is 10.9 Å². The molecule has 0 aliphatic carbocycles. The molecule has 7 rings (SSSR count). The van der Waals surface area contributed by atoms with Gasteiger partial charge >= 0.3 is 0 Å². The van der Waals surface area contributed by atoms with Crippen LogP contribution in [-0.2, 0) is 23.2 Å². The van der Waals surface area contributed by atoms with Gasteiger partial charge in [0.15, 0.2) is 5.82 Å². The van der Waals surface area contributed by atoms with Crippen LogP contribution in [-0.4, -0.2) is 40.4 Å². The average molecular weight is 793 g/mol. The molecule has 0 unspecified atom stereocenters. The molecule has 2 aromatic heterocycles. The zero-order chi connectivity index (χ0) is 38.4. The quantitative estimate of drug-likeness (QED) is 0.0890. The number of carbonyl (C=O) groups excluding carboxylic acids is 1. The summed E-state index contributed by atoms with van der Waals surface area (Å²) < 4.78 is 1.14. The molecule has 0 atom stereocenters. The van der Waals surface area contributed by atoms with Crippen molar-refractivity contribution in [3.63, 3.8) is 0 Å². The fraction of sp³-hybridized carbons (Fsp3) is 0.200. The monoisotopic (exact) mass is 791 g/mol. The van der Waals surface area contributed by atoms with Crippen molar-refractivity contribution >= 4 is 27.8 Å². The summed E-state index contributed by atoms with van der Waals surface area (Å²) in [5, 5.41) is 16.5. The number of nitrogens with one attached hydrogen (secondary N) is 2. The van der Waals surface area contributed by atoms with Gasteiger partial charge in [-0.1, -0.05) is 169 Å². The van der Waals surface area contributed by atoms with Crippen molar-refractivity contribution < 1.29 is 4.79 Å². The first kappa shape index (κ1) is 37.3. The Balaban J connectivity index is 1.28. The first-order chi connectivity index (χ1) is 26.7. The van der Waals surface area contributed by atoms with Gasteiger partial charge < -0.3 is 0 Å². The number of anilines is 1. The lowest BCUT2D eigenvalue weighted by atomic mass is 9.77. The molecule has 276 valence electrons. The van der Waals surface area contributed by atoms with Gasteiger partial charge in [0.05, 0.1) is 10.0 Å². The predicted octanol–water partition coefficient (Wildman–Crippen LogP) is 8.98. The van der Waals surface area contributed by atoms with Gasteiger partial charge in [-0.25, -0.2) is 9.67 Å². The van der Waals surface area contributed by atoms with Crippen LogP contribution in [0.2, 0.25) is 0 Å². The minimum atomic E-state index is -0.890.